The van der Waals surface area contributed by atoms with Crippen molar-refractivity contribution in [1.29, 1.82) is 0 Å². The lowest BCUT2D eigenvalue weighted by atomic mass is 9.98. The van der Waals surface area contributed by atoms with E-state index in [9.17, 15) is 18.4 Å². The lowest BCUT2D eigenvalue weighted by Crippen LogP contribution is -2.44. The predicted octanol–water partition coefficient (Wildman–Crippen LogP) is 2.55. The number of hydrogen-bond donors (Lipinski definition) is 0. The van der Waals surface area contributed by atoms with Crippen LogP contribution in [0.3, 0.4) is 0 Å². The highest BCUT2D eigenvalue weighted by Gasteiger charge is 2.59. The summed E-state index contributed by atoms with van der Waals surface area (Å²) in [5.74, 6) is -6.02. The number of methoxy groups -OCH3 is 1. The van der Waals surface area contributed by atoms with E-state index in [1.165, 1.54) is 0 Å². The first-order valence-corrected chi connectivity index (χ1v) is 6.39. The van der Waals surface area contributed by atoms with Crippen LogP contribution < -0.4 is 0 Å². The van der Waals surface area contributed by atoms with Crippen molar-refractivity contribution in [1.82, 2.24) is 0 Å². The van der Waals surface area contributed by atoms with Gasteiger partial charge in [0.15, 0.2) is 6.10 Å². The summed E-state index contributed by atoms with van der Waals surface area (Å²) in [7, 11) is 0.867. The first-order chi connectivity index (χ1) is 8.72. The van der Waals surface area contributed by atoms with Crippen molar-refractivity contribution in [3.63, 3.8) is 0 Å². The van der Waals surface area contributed by atoms with Crippen LogP contribution in [0.15, 0.2) is 0 Å². The van der Waals surface area contributed by atoms with Crippen LogP contribution in [0.4, 0.5) is 8.78 Å². The Morgan fingerprint density at radius 1 is 1.47 bits per heavy atom. The fourth-order valence-corrected chi connectivity index (χ4v) is 2.32. The van der Waals surface area contributed by atoms with Gasteiger partial charge >= 0.3 is 17.9 Å². The summed E-state index contributed by atoms with van der Waals surface area (Å²) in [4.78, 5) is 22.9. The molecule has 0 bridgehead atoms. The van der Waals surface area contributed by atoms with Gasteiger partial charge in [-0.15, -0.1) is 0 Å². The number of carbonyl (C=O) groups excluding carboxylic acids is 2. The Labute approximate surface area is 111 Å². The molecular weight excluding hydrogens is 258 g/mol. The van der Waals surface area contributed by atoms with Gasteiger partial charge in [0.25, 0.3) is 0 Å². The highest BCUT2D eigenvalue weighted by atomic mass is 19.3. The molecule has 110 valence electrons. The minimum atomic E-state index is -3.82. The molecule has 19 heavy (non-hydrogen) atoms. The number of rotatable bonds is 6. The van der Waals surface area contributed by atoms with Crippen LogP contribution in [-0.4, -0.2) is 31.1 Å². The fourth-order valence-electron chi connectivity index (χ4n) is 2.32. The Morgan fingerprint density at radius 3 is 2.37 bits per heavy atom. The third-order valence-corrected chi connectivity index (χ3v) is 3.81. The highest BCUT2D eigenvalue weighted by Crippen LogP contribution is 2.56. The van der Waals surface area contributed by atoms with Gasteiger partial charge in [0, 0.05) is 0 Å². The van der Waals surface area contributed by atoms with Gasteiger partial charge in [-0.05, 0) is 25.7 Å². The van der Waals surface area contributed by atoms with Crippen LogP contribution in [0.5, 0.6) is 0 Å². The van der Waals surface area contributed by atoms with Gasteiger partial charge in [-0.1, -0.05) is 20.3 Å². The molecule has 0 aromatic heterocycles. The fraction of sp³-hybridized carbons (Fsp3) is 0.846. The van der Waals surface area contributed by atoms with Crippen LogP contribution >= 0.6 is 0 Å². The lowest BCUT2D eigenvalue weighted by molar-refractivity contribution is -0.196. The van der Waals surface area contributed by atoms with E-state index in [1.54, 1.807) is 0 Å². The Bertz CT molecular complexity index is 370. The second kappa shape index (κ2) is 5.43. The molecule has 0 amide bonds. The van der Waals surface area contributed by atoms with Crippen LogP contribution in [0.2, 0.25) is 0 Å². The second-order valence-corrected chi connectivity index (χ2v) is 5.17. The van der Waals surface area contributed by atoms with E-state index < -0.39 is 29.4 Å². The zero-order chi connectivity index (χ0) is 14.8. The molecule has 0 spiro atoms. The van der Waals surface area contributed by atoms with E-state index in [1.807, 2.05) is 13.8 Å². The maximum Gasteiger partial charge on any atom is 0.380 e. The zero-order valence-electron chi connectivity index (χ0n) is 11.7. The van der Waals surface area contributed by atoms with Crippen molar-refractivity contribution in [3.8, 4) is 0 Å². The summed E-state index contributed by atoms with van der Waals surface area (Å²) in [5, 5.41) is 0. The minimum Gasteiger partial charge on any atom is -0.464 e. The first kappa shape index (κ1) is 15.9. The molecule has 1 saturated carbocycles. The molecule has 0 heterocycles. The van der Waals surface area contributed by atoms with Crippen molar-refractivity contribution in [2.45, 2.75) is 52.1 Å². The van der Waals surface area contributed by atoms with Crippen molar-refractivity contribution >= 4 is 11.9 Å². The van der Waals surface area contributed by atoms with Crippen LogP contribution in [0.25, 0.3) is 0 Å². The Balaban J connectivity index is 2.69. The quantitative estimate of drug-likeness (QED) is 0.701. The van der Waals surface area contributed by atoms with Crippen molar-refractivity contribution in [2.24, 2.45) is 11.3 Å². The summed E-state index contributed by atoms with van der Waals surface area (Å²) in [6, 6.07) is 0. The molecule has 3 atom stereocenters. The highest BCUT2D eigenvalue weighted by molar-refractivity contribution is 5.82. The van der Waals surface area contributed by atoms with Gasteiger partial charge in [0.05, 0.1) is 12.5 Å². The molecule has 0 saturated heterocycles. The molecule has 0 radical (unpaired) electrons. The Morgan fingerprint density at radius 2 is 2.00 bits per heavy atom. The first-order valence-electron chi connectivity index (χ1n) is 6.39. The molecule has 4 nitrogen and oxygen atoms in total. The third-order valence-electron chi connectivity index (χ3n) is 3.81. The molecule has 0 aromatic carbocycles. The molecule has 0 aliphatic heterocycles. The number of hydrogen-bond acceptors (Lipinski definition) is 4. The van der Waals surface area contributed by atoms with E-state index in [0.717, 1.165) is 20.5 Å². The van der Waals surface area contributed by atoms with Gasteiger partial charge in [-0.3, -0.25) is 4.79 Å². The van der Waals surface area contributed by atoms with E-state index >= 15 is 0 Å². The summed E-state index contributed by atoms with van der Waals surface area (Å²) in [6.45, 7) is 4.81. The number of carbonyl (C=O) groups is 2. The molecular formula is C13H20F2O4. The van der Waals surface area contributed by atoms with E-state index in [2.05, 4.69) is 4.74 Å². The van der Waals surface area contributed by atoms with Crippen LogP contribution in [0, 0.1) is 11.3 Å². The van der Waals surface area contributed by atoms with Crippen LogP contribution in [-0.2, 0) is 19.1 Å². The topological polar surface area (TPSA) is 52.6 Å². The smallest absolute Gasteiger partial charge is 0.380 e. The predicted molar refractivity (Wildman–Crippen MR) is 63.6 cm³/mol. The van der Waals surface area contributed by atoms with Crippen molar-refractivity contribution in [2.75, 3.05) is 7.11 Å². The average molecular weight is 278 g/mol. The summed E-state index contributed by atoms with van der Waals surface area (Å²) >= 11 is 0. The van der Waals surface area contributed by atoms with Gasteiger partial charge in [-0.2, -0.15) is 8.78 Å². The molecule has 1 fully saturated rings. The Kier molecular flexibility index (Phi) is 4.53. The minimum absolute atomic E-state index is 0.138. The number of esters is 2. The summed E-state index contributed by atoms with van der Waals surface area (Å²) < 4.78 is 35.8. The van der Waals surface area contributed by atoms with E-state index in [-0.39, 0.29) is 5.92 Å². The molecule has 0 aromatic rings. The molecule has 3 unspecified atom stereocenters. The summed E-state index contributed by atoms with van der Waals surface area (Å²) in [5.41, 5.74) is -0.644. The SMILES string of the molecule is CCCC1(C(=O)OC(C)C(F)(F)C(=O)OC)CC1C. The Hall–Kier alpha value is -1.20. The molecule has 1 rings (SSSR count). The van der Waals surface area contributed by atoms with Crippen molar-refractivity contribution < 1.29 is 27.8 Å². The monoisotopic (exact) mass is 278 g/mol. The van der Waals surface area contributed by atoms with Gasteiger partial charge in [0.1, 0.15) is 0 Å². The number of alkyl halides is 2. The molecule has 6 heteroatoms. The number of ether oxygens (including phenoxy) is 2. The maximum atomic E-state index is 13.5. The normalized spacial score (nSPS) is 27.6. The lowest BCUT2D eigenvalue weighted by Gasteiger charge is -2.24. The number of halogens is 2. The molecule has 1 aliphatic carbocycles. The van der Waals surface area contributed by atoms with Crippen molar-refractivity contribution in [3.05, 3.63) is 0 Å². The molecule has 1 aliphatic rings. The third kappa shape index (κ3) is 2.87. The summed E-state index contributed by atoms with van der Waals surface area (Å²) in [6.07, 6.45) is 0.218. The van der Waals surface area contributed by atoms with Crippen LogP contribution in [0.1, 0.15) is 40.0 Å². The maximum absolute atomic E-state index is 13.5. The van der Waals surface area contributed by atoms with Gasteiger partial charge in [0.2, 0.25) is 0 Å². The average Bonchev–Trinajstić information content (AvgIpc) is 3.00. The van der Waals surface area contributed by atoms with E-state index in [4.69, 9.17) is 4.74 Å². The van der Waals surface area contributed by atoms with Gasteiger partial charge in [-0.25, -0.2) is 4.79 Å². The van der Waals surface area contributed by atoms with E-state index in [0.29, 0.717) is 12.8 Å². The zero-order valence-corrected chi connectivity index (χ0v) is 11.7. The standard InChI is InChI=1S/C13H20F2O4/c1-5-6-12(7-8(12)2)10(16)19-9(3)13(14,15)11(17)18-4/h8-9H,5-7H2,1-4H3. The van der Waals surface area contributed by atoms with Gasteiger partial charge < -0.3 is 9.47 Å². The molecule has 0 N–H and O–H groups in total. The largest absolute Gasteiger partial charge is 0.464 e. The second-order valence-electron chi connectivity index (χ2n) is 5.17.